The van der Waals surface area contributed by atoms with E-state index in [0.29, 0.717) is 43.7 Å². The number of benzene rings is 2. The van der Waals surface area contributed by atoms with Crippen LogP contribution in [0.15, 0.2) is 78.5 Å². The Balaban J connectivity index is 1.75. The molecule has 11 heteroatoms. The Morgan fingerprint density at radius 3 is 2.35 bits per heavy atom. The number of rotatable bonds is 11. The van der Waals surface area contributed by atoms with Crippen LogP contribution in [0.25, 0.3) is 10.6 Å². The number of hydrogen-bond donors (Lipinski definition) is 2. The number of carboxylic acids is 1. The number of hydrogen-bond acceptors (Lipinski definition) is 7. The maximum Gasteiger partial charge on any atom is 0.573 e. The number of halogens is 3. The molecule has 0 fully saturated rings. The zero-order valence-electron chi connectivity index (χ0n) is 19.6. The average molecular weight is 533 g/mol. The van der Waals surface area contributed by atoms with Crippen molar-refractivity contribution in [3.8, 4) is 17.2 Å². The smallest absolute Gasteiger partial charge is 0.488 e. The predicted octanol–water partition coefficient (Wildman–Crippen LogP) is 5.86. The summed E-state index contributed by atoms with van der Waals surface area (Å²) >= 11 is 1.25. The van der Waals surface area contributed by atoms with E-state index in [-0.39, 0.29) is 12.4 Å². The van der Waals surface area contributed by atoms with Gasteiger partial charge in [-0.1, -0.05) is 24.4 Å². The second-order valence-electron chi connectivity index (χ2n) is 7.60. The Kier molecular flexibility index (Phi) is 9.07. The van der Waals surface area contributed by atoms with Crippen molar-refractivity contribution in [3.05, 3.63) is 95.2 Å². The molecular weight excluding hydrogens is 509 g/mol. The number of nitrogens with two attached hydrogens (primary N) is 1. The quantitative estimate of drug-likeness (QED) is 0.316. The van der Waals surface area contributed by atoms with Crippen molar-refractivity contribution in [2.45, 2.75) is 13.3 Å². The highest BCUT2D eigenvalue weighted by Gasteiger charge is 2.31. The van der Waals surface area contributed by atoms with E-state index in [0.717, 1.165) is 0 Å². The Labute approximate surface area is 215 Å². The van der Waals surface area contributed by atoms with E-state index in [1.807, 2.05) is 0 Å². The number of carbonyl (C=O) groups is 1. The molecule has 0 aliphatic carbocycles. The van der Waals surface area contributed by atoms with Crippen molar-refractivity contribution in [2.75, 3.05) is 13.2 Å². The van der Waals surface area contributed by atoms with Crippen LogP contribution < -0.4 is 19.9 Å². The van der Waals surface area contributed by atoms with Gasteiger partial charge in [-0.2, -0.15) is 0 Å². The Morgan fingerprint density at radius 1 is 1.05 bits per heavy atom. The first-order valence-electron chi connectivity index (χ1n) is 10.7. The fourth-order valence-corrected chi connectivity index (χ4v) is 3.96. The number of aliphatic carboxylic acids is 1. The van der Waals surface area contributed by atoms with Crippen molar-refractivity contribution in [2.24, 2.45) is 5.73 Å². The molecule has 3 aromatic rings. The average Bonchev–Trinajstić information content (AvgIpc) is 2.85. The molecule has 37 heavy (non-hydrogen) atoms. The number of thioether (sulfide) groups is 1. The van der Waals surface area contributed by atoms with Crippen molar-refractivity contribution in [1.82, 2.24) is 4.98 Å². The van der Waals surface area contributed by atoms with Gasteiger partial charge in [-0.15, -0.1) is 13.2 Å². The first-order valence-corrected chi connectivity index (χ1v) is 11.5. The van der Waals surface area contributed by atoms with Gasteiger partial charge in [-0.05, 0) is 66.6 Å². The number of ether oxygens (including phenoxy) is 3. The maximum absolute atomic E-state index is 12.5. The van der Waals surface area contributed by atoms with Crippen molar-refractivity contribution >= 4 is 28.3 Å². The molecular formula is C26H23F3N2O5S. The molecule has 0 spiro atoms. The highest BCUT2D eigenvalue weighted by atomic mass is 32.2. The lowest BCUT2D eigenvalue weighted by Crippen LogP contribution is -2.17. The van der Waals surface area contributed by atoms with E-state index in [9.17, 15) is 18.0 Å². The number of aromatic nitrogens is 1. The molecule has 0 aliphatic heterocycles. The molecule has 0 aliphatic rings. The lowest BCUT2D eigenvalue weighted by atomic mass is 10.1. The molecule has 0 radical (unpaired) electrons. The number of alkyl halides is 3. The van der Waals surface area contributed by atoms with Crippen molar-refractivity contribution in [3.63, 3.8) is 0 Å². The van der Waals surface area contributed by atoms with Crippen LogP contribution in [0, 0.1) is 6.92 Å². The summed E-state index contributed by atoms with van der Waals surface area (Å²) < 4.78 is 52.4. The summed E-state index contributed by atoms with van der Waals surface area (Å²) in [6, 6.07) is 13.8. The summed E-state index contributed by atoms with van der Waals surface area (Å²) in [6.45, 7) is 5.49. The van der Waals surface area contributed by atoms with E-state index < -0.39 is 18.9 Å². The molecule has 0 atom stereocenters. The summed E-state index contributed by atoms with van der Waals surface area (Å²) in [6.07, 6.45) is -1.57. The molecule has 0 bridgehead atoms. The largest absolute Gasteiger partial charge is 0.573 e. The second kappa shape index (κ2) is 12.2. The second-order valence-corrected chi connectivity index (χ2v) is 8.79. The number of pyridine rings is 1. The molecule has 0 amide bonds. The first kappa shape index (κ1) is 27.5. The van der Waals surface area contributed by atoms with Crippen LogP contribution in [0.3, 0.4) is 0 Å². The summed E-state index contributed by atoms with van der Waals surface area (Å²) in [5.74, 6) is -0.464. The highest BCUT2D eigenvalue weighted by molar-refractivity contribution is 8.12. The summed E-state index contributed by atoms with van der Waals surface area (Å²) in [5.41, 5.74) is 8.62. The normalized spacial score (nSPS) is 11.9. The van der Waals surface area contributed by atoms with Gasteiger partial charge in [-0.25, -0.2) is 4.79 Å². The lowest BCUT2D eigenvalue weighted by Gasteiger charge is -2.15. The molecule has 194 valence electrons. The monoisotopic (exact) mass is 532 g/mol. The zero-order chi connectivity index (χ0) is 27.0. The van der Waals surface area contributed by atoms with Gasteiger partial charge in [0.25, 0.3) is 0 Å². The third kappa shape index (κ3) is 8.50. The number of nitrogens with zero attached hydrogens (tertiary/aromatic N) is 1. The highest BCUT2D eigenvalue weighted by Crippen LogP contribution is 2.38. The third-order valence-electron chi connectivity index (χ3n) is 4.71. The number of aryl methyl sites for hydroxylation is 1. The van der Waals surface area contributed by atoms with Gasteiger partial charge >= 0.3 is 12.3 Å². The Bertz CT molecular complexity index is 1280. The first-order chi connectivity index (χ1) is 17.5. The SMILES string of the molecule is C=C(COc1ccc(OCC(=O)O)c(C)c1)S/C(=C(\N)c1ccc(OC(F)(F)F)cc1)c1cccnc1. The summed E-state index contributed by atoms with van der Waals surface area (Å²) in [4.78, 5) is 16.0. The van der Waals surface area contributed by atoms with Crippen molar-refractivity contribution in [1.29, 1.82) is 0 Å². The van der Waals surface area contributed by atoms with Gasteiger partial charge in [0.15, 0.2) is 6.61 Å². The van der Waals surface area contributed by atoms with E-state index in [1.165, 1.54) is 36.0 Å². The van der Waals surface area contributed by atoms with Gasteiger partial charge in [0.2, 0.25) is 0 Å². The fraction of sp³-hybridized carbons (Fsp3) is 0.154. The molecule has 2 aromatic carbocycles. The standard InChI is InChI=1S/C26H23F3N2O5S/c1-16-12-21(9-10-22(16)35-15-23(32)33)34-14-17(2)37-25(19-4-3-11-31-13-19)24(30)18-5-7-20(8-6-18)36-26(27,28)29/h3-13H,2,14-15,30H2,1H3,(H,32,33)/b25-24-. The van der Waals surface area contributed by atoms with Gasteiger partial charge in [0, 0.05) is 27.8 Å². The van der Waals surface area contributed by atoms with Gasteiger partial charge in [0.05, 0.1) is 5.70 Å². The molecule has 1 heterocycles. The van der Waals surface area contributed by atoms with E-state index in [2.05, 4.69) is 16.3 Å². The topological polar surface area (TPSA) is 104 Å². The minimum absolute atomic E-state index is 0.120. The van der Waals surface area contributed by atoms with Crippen LogP contribution in [0.4, 0.5) is 13.2 Å². The summed E-state index contributed by atoms with van der Waals surface area (Å²) in [7, 11) is 0. The molecule has 3 rings (SSSR count). The van der Waals surface area contributed by atoms with E-state index >= 15 is 0 Å². The minimum Gasteiger partial charge on any atom is -0.488 e. The van der Waals surface area contributed by atoms with Crippen LogP contribution in [0.1, 0.15) is 16.7 Å². The van der Waals surface area contributed by atoms with Crippen molar-refractivity contribution < 1.29 is 37.3 Å². The zero-order valence-corrected chi connectivity index (χ0v) is 20.4. The van der Waals surface area contributed by atoms with E-state index in [4.69, 9.17) is 20.3 Å². The van der Waals surface area contributed by atoms with Crippen LogP contribution in [-0.2, 0) is 4.79 Å². The third-order valence-corrected chi connectivity index (χ3v) is 5.78. The minimum atomic E-state index is -4.79. The predicted molar refractivity (Wildman–Crippen MR) is 135 cm³/mol. The van der Waals surface area contributed by atoms with Crippen LogP contribution in [0.2, 0.25) is 0 Å². The molecule has 7 nitrogen and oxygen atoms in total. The Morgan fingerprint density at radius 2 is 1.76 bits per heavy atom. The van der Waals surface area contributed by atoms with Crippen LogP contribution in [-0.4, -0.2) is 35.6 Å². The van der Waals surface area contributed by atoms with Gasteiger partial charge in [-0.3, -0.25) is 4.98 Å². The van der Waals surface area contributed by atoms with Crippen LogP contribution in [0.5, 0.6) is 17.2 Å². The molecule has 3 N–H and O–H groups in total. The Hall–Kier alpha value is -4.12. The molecule has 0 saturated heterocycles. The molecule has 0 saturated carbocycles. The van der Waals surface area contributed by atoms with Gasteiger partial charge in [0.1, 0.15) is 23.9 Å². The number of carboxylic acid groups (broad SMARTS) is 1. The summed E-state index contributed by atoms with van der Waals surface area (Å²) in [5, 5.41) is 8.76. The lowest BCUT2D eigenvalue weighted by molar-refractivity contribution is -0.274. The van der Waals surface area contributed by atoms with Gasteiger partial charge < -0.3 is 25.1 Å². The fourth-order valence-electron chi connectivity index (χ4n) is 3.08. The molecule has 0 unspecified atom stereocenters. The van der Waals surface area contributed by atoms with Crippen LogP contribution >= 0.6 is 11.8 Å². The maximum atomic E-state index is 12.5. The van der Waals surface area contributed by atoms with E-state index in [1.54, 1.807) is 49.6 Å². The molecule has 1 aromatic heterocycles.